The lowest BCUT2D eigenvalue weighted by Gasteiger charge is -2.32. The van der Waals surface area contributed by atoms with Gasteiger partial charge in [-0.2, -0.15) is 0 Å². The molecule has 2 rings (SSSR count). The van der Waals surface area contributed by atoms with E-state index in [0.29, 0.717) is 19.4 Å². The lowest BCUT2D eigenvalue weighted by molar-refractivity contribution is -0.128. The Labute approximate surface area is 144 Å². The molecule has 1 heterocycles. The summed E-state index contributed by atoms with van der Waals surface area (Å²) < 4.78 is 0. The Kier molecular flexibility index (Phi) is 6.55. The number of benzene rings is 1. The third-order valence-corrected chi connectivity index (χ3v) is 4.59. The maximum absolute atomic E-state index is 12.6. The van der Waals surface area contributed by atoms with E-state index in [9.17, 15) is 4.79 Å². The number of carbonyl (C=O) groups excluding carboxylic acids is 1. The van der Waals surface area contributed by atoms with E-state index in [-0.39, 0.29) is 11.8 Å². The number of aromatic nitrogens is 2. The van der Waals surface area contributed by atoms with Crippen LogP contribution in [0, 0.1) is 5.92 Å². The molecular formula is C19H28N4O. The van der Waals surface area contributed by atoms with E-state index in [1.807, 2.05) is 32.0 Å². The van der Waals surface area contributed by atoms with Crippen LogP contribution < -0.4 is 11.1 Å². The molecule has 0 spiro atoms. The smallest absolute Gasteiger partial charge is 0.240 e. The van der Waals surface area contributed by atoms with Crippen molar-refractivity contribution in [3.8, 4) is 0 Å². The highest BCUT2D eigenvalue weighted by Crippen LogP contribution is 2.21. The molecule has 2 aromatic rings. The van der Waals surface area contributed by atoms with Crippen LogP contribution in [0.4, 0.5) is 0 Å². The van der Waals surface area contributed by atoms with Crippen LogP contribution in [0.15, 0.2) is 42.9 Å². The number of hydrogen-bond donors (Lipinski definition) is 3. The monoisotopic (exact) mass is 328 g/mol. The van der Waals surface area contributed by atoms with E-state index in [2.05, 4.69) is 27.4 Å². The van der Waals surface area contributed by atoms with Crippen molar-refractivity contribution in [1.82, 2.24) is 15.3 Å². The van der Waals surface area contributed by atoms with Gasteiger partial charge in [-0.25, -0.2) is 4.98 Å². The van der Waals surface area contributed by atoms with Crippen LogP contribution in [0.5, 0.6) is 0 Å². The van der Waals surface area contributed by atoms with E-state index < -0.39 is 5.54 Å². The molecule has 0 saturated heterocycles. The van der Waals surface area contributed by atoms with Gasteiger partial charge in [-0.05, 0) is 37.2 Å². The highest BCUT2D eigenvalue weighted by Gasteiger charge is 2.36. The number of nitrogens with one attached hydrogen (secondary N) is 2. The predicted octanol–water partition coefficient (Wildman–Crippen LogP) is 2.44. The van der Waals surface area contributed by atoms with Crippen LogP contribution >= 0.6 is 0 Å². The first-order valence-electron chi connectivity index (χ1n) is 8.60. The highest BCUT2D eigenvalue weighted by atomic mass is 16.2. The summed E-state index contributed by atoms with van der Waals surface area (Å²) in [5.41, 5.74) is 7.87. The molecule has 0 aliphatic rings. The molecule has 5 heteroatoms. The Morgan fingerprint density at radius 1 is 1.29 bits per heavy atom. The van der Waals surface area contributed by atoms with E-state index in [1.165, 1.54) is 5.56 Å². The van der Waals surface area contributed by atoms with Gasteiger partial charge >= 0.3 is 0 Å². The molecule has 24 heavy (non-hydrogen) atoms. The van der Waals surface area contributed by atoms with Gasteiger partial charge in [-0.15, -0.1) is 0 Å². The largest absolute Gasteiger partial charge is 0.354 e. The molecule has 130 valence electrons. The Morgan fingerprint density at radius 3 is 2.67 bits per heavy atom. The fourth-order valence-electron chi connectivity index (χ4n) is 2.73. The fraction of sp³-hybridized carbons (Fsp3) is 0.474. The summed E-state index contributed by atoms with van der Waals surface area (Å²) in [5.74, 6) is -0.000350. The van der Waals surface area contributed by atoms with Crippen molar-refractivity contribution in [3.05, 3.63) is 54.1 Å². The van der Waals surface area contributed by atoms with Crippen LogP contribution in [0.1, 0.15) is 37.9 Å². The maximum Gasteiger partial charge on any atom is 0.240 e. The number of carbonyl (C=O) groups is 1. The summed E-state index contributed by atoms with van der Waals surface area (Å²) in [6.45, 7) is 4.64. The van der Waals surface area contributed by atoms with E-state index in [1.54, 1.807) is 12.5 Å². The molecule has 0 unspecified atom stereocenters. The normalized spacial score (nSPS) is 13.7. The highest BCUT2D eigenvalue weighted by molar-refractivity contribution is 5.86. The van der Waals surface area contributed by atoms with Crippen molar-refractivity contribution in [2.24, 2.45) is 11.7 Å². The SMILES string of the molecule is CC(C)[C@@](N)(CCc1cnc[nH]1)C(=O)NCCCc1ccccc1. The molecule has 0 bridgehead atoms. The molecule has 0 fully saturated rings. The number of rotatable bonds is 9. The average molecular weight is 328 g/mol. The second kappa shape index (κ2) is 8.64. The fourth-order valence-corrected chi connectivity index (χ4v) is 2.73. The average Bonchev–Trinajstić information content (AvgIpc) is 3.10. The van der Waals surface area contributed by atoms with Gasteiger partial charge in [0.2, 0.25) is 5.91 Å². The van der Waals surface area contributed by atoms with Crippen molar-refractivity contribution < 1.29 is 4.79 Å². The molecule has 1 aromatic carbocycles. The Bertz CT molecular complexity index is 610. The van der Waals surface area contributed by atoms with Gasteiger partial charge in [0.05, 0.1) is 11.9 Å². The molecular weight excluding hydrogens is 300 g/mol. The van der Waals surface area contributed by atoms with Crippen molar-refractivity contribution in [1.29, 1.82) is 0 Å². The minimum absolute atomic E-state index is 0.0644. The second-order valence-electron chi connectivity index (χ2n) is 6.62. The molecule has 1 amide bonds. The molecule has 5 nitrogen and oxygen atoms in total. The van der Waals surface area contributed by atoms with Crippen LogP contribution in [0.25, 0.3) is 0 Å². The zero-order valence-electron chi connectivity index (χ0n) is 14.6. The summed E-state index contributed by atoms with van der Waals surface area (Å²) in [4.78, 5) is 19.7. The van der Waals surface area contributed by atoms with Crippen molar-refractivity contribution in [2.45, 2.75) is 45.1 Å². The minimum atomic E-state index is -0.863. The van der Waals surface area contributed by atoms with Crippen LogP contribution in [0.3, 0.4) is 0 Å². The number of H-pyrrole nitrogens is 1. The predicted molar refractivity (Wildman–Crippen MR) is 96.4 cm³/mol. The first kappa shape index (κ1) is 18.2. The van der Waals surface area contributed by atoms with Gasteiger partial charge in [0.15, 0.2) is 0 Å². The number of imidazole rings is 1. The third-order valence-electron chi connectivity index (χ3n) is 4.59. The Morgan fingerprint density at radius 2 is 2.04 bits per heavy atom. The number of nitrogens with zero attached hydrogens (tertiary/aromatic N) is 1. The lowest BCUT2D eigenvalue weighted by Crippen LogP contribution is -2.58. The van der Waals surface area contributed by atoms with E-state index >= 15 is 0 Å². The molecule has 1 aromatic heterocycles. The number of nitrogens with two attached hydrogens (primary N) is 1. The summed E-state index contributed by atoms with van der Waals surface area (Å²) in [7, 11) is 0. The lowest BCUT2D eigenvalue weighted by atomic mass is 9.82. The molecule has 0 radical (unpaired) electrons. The summed E-state index contributed by atoms with van der Waals surface area (Å²) >= 11 is 0. The third kappa shape index (κ3) is 4.93. The minimum Gasteiger partial charge on any atom is -0.354 e. The Hall–Kier alpha value is -2.14. The summed E-state index contributed by atoms with van der Waals surface area (Å²) in [6, 6.07) is 10.3. The van der Waals surface area contributed by atoms with Crippen LogP contribution in [-0.2, 0) is 17.6 Å². The van der Waals surface area contributed by atoms with Crippen molar-refractivity contribution in [3.63, 3.8) is 0 Å². The maximum atomic E-state index is 12.6. The summed E-state index contributed by atoms with van der Waals surface area (Å²) in [6.07, 6.45) is 6.59. The van der Waals surface area contributed by atoms with E-state index in [0.717, 1.165) is 18.5 Å². The zero-order valence-corrected chi connectivity index (χ0v) is 14.6. The topological polar surface area (TPSA) is 83.8 Å². The molecule has 0 aliphatic carbocycles. The molecule has 4 N–H and O–H groups in total. The first-order chi connectivity index (χ1) is 11.5. The number of amides is 1. The second-order valence-corrected chi connectivity index (χ2v) is 6.62. The van der Waals surface area contributed by atoms with Gasteiger partial charge in [-0.3, -0.25) is 4.79 Å². The van der Waals surface area contributed by atoms with Crippen LogP contribution in [0.2, 0.25) is 0 Å². The van der Waals surface area contributed by atoms with Gasteiger partial charge in [0.1, 0.15) is 0 Å². The van der Waals surface area contributed by atoms with Gasteiger partial charge in [-0.1, -0.05) is 44.2 Å². The van der Waals surface area contributed by atoms with Gasteiger partial charge < -0.3 is 16.0 Å². The van der Waals surface area contributed by atoms with Crippen molar-refractivity contribution in [2.75, 3.05) is 6.54 Å². The first-order valence-corrected chi connectivity index (χ1v) is 8.60. The standard InChI is InChI=1S/C19H28N4O/c1-15(2)19(20,11-10-17-13-21-14-23-17)18(24)22-12-6-9-16-7-4-3-5-8-16/h3-5,7-8,13-15H,6,9-12,20H2,1-2H3,(H,21,23)(H,22,24)/t19-/m0/s1. The van der Waals surface area contributed by atoms with Crippen LogP contribution in [-0.4, -0.2) is 28.0 Å². The summed E-state index contributed by atoms with van der Waals surface area (Å²) in [5, 5.41) is 3.02. The van der Waals surface area contributed by atoms with E-state index in [4.69, 9.17) is 5.73 Å². The van der Waals surface area contributed by atoms with Gasteiger partial charge in [0.25, 0.3) is 0 Å². The quantitative estimate of drug-likeness (QED) is 0.618. The molecule has 1 atom stereocenters. The van der Waals surface area contributed by atoms with Crippen molar-refractivity contribution >= 4 is 5.91 Å². The zero-order chi connectivity index (χ0) is 17.4. The molecule has 0 saturated carbocycles. The Balaban J connectivity index is 1.81. The number of aryl methyl sites for hydroxylation is 2. The number of aromatic amines is 1. The van der Waals surface area contributed by atoms with Gasteiger partial charge in [0, 0.05) is 18.4 Å². The molecule has 0 aliphatic heterocycles. The number of hydrogen-bond acceptors (Lipinski definition) is 3.